The van der Waals surface area contributed by atoms with E-state index in [0.717, 1.165) is 0 Å². The van der Waals surface area contributed by atoms with E-state index in [1.165, 1.54) is 19.3 Å². The lowest BCUT2D eigenvalue weighted by Crippen LogP contribution is -2.03. The van der Waals surface area contributed by atoms with Crippen LogP contribution in [0.4, 0.5) is 8.78 Å². The molecular formula is C7H8F2O. The first-order valence-corrected chi connectivity index (χ1v) is 2.99. The molecule has 0 bridgehead atoms. The molecule has 0 heterocycles. The lowest BCUT2D eigenvalue weighted by molar-refractivity contribution is 0.269. The van der Waals surface area contributed by atoms with Crippen LogP contribution in [0, 0.1) is 0 Å². The third-order valence-electron chi connectivity index (χ3n) is 1.32. The Morgan fingerprint density at radius 1 is 1.70 bits per heavy atom. The van der Waals surface area contributed by atoms with Crippen LogP contribution in [0.3, 0.4) is 0 Å². The lowest BCUT2D eigenvalue weighted by atomic mass is 10.1. The maximum Gasteiger partial charge on any atom is 0.150 e. The third-order valence-corrected chi connectivity index (χ3v) is 1.32. The summed E-state index contributed by atoms with van der Waals surface area (Å²) in [6, 6.07) is 0. The van der Waals surface area contributed by atoms with Gasteiger partial charge in [-0.1, -0.05) is 0 Å². The van der Waals surface area contributed by atoms with E-state index in [9.17, 15) is 8.78 Å². The van der Waals surface area contributed by atoms with Crippen molar-refractivity contribution in [2.75, 3.05) is 7.11 Å². The molecule has 0 aromatic heterocycles. The molecule has 3 heteroatoms. The smallest absolute Gasteiger partial charge is 0.150 e. The van der Waals surface area contributed by atoms with Crippen molar-refractivity contribution in [1.29, 1.82) is 0 Å². The Hall–Kier alpha value is -0.860. The van der Waals surface area contributed by atoms with Gasteiger partial charge in [0.25, 0.3) is 0 Å². The van der Waals surface area contributed by atoms with Gasteiger partial charge in [0.1, 0.15) is 17.8 Å². The number of rotatable bonds is 1. The molecule has 10 heavy (non-hydrogen) atoms. The molecule has 0 aliphatic heterocycles. The third kappa shape index (κ3) is 1.35. The highest BCUT2D eigenvalue weighted by molar-refractivity contribution is 5.22. The zero-order chi connectivity index (χ0) is 7.56. The van der Waals surface area contributed by atoms with E-state index < -0.39 is 12.0 Å². The number of ether oxygens (including phenoxy) is 1. The summed E-state index contributed by atoms with van der Waals surface area (Å²) < 4.78 is 29.5. The summed E-state index contributed by atoms with van der Waals surface area (Å²) >= 11 is 0. The summed E-state index contributed by atoms with van der Waals surface area (Å²) in [5.74, 6) is -0.383. The summed E-state index contributed by atoms with van der Waals surface area (Å²) in [4.78, 5) is 0. The molecule has 1 atom stereocenters. The summed E-state index contributed by atoms with van der Waals surface area (Å²) in [6.07, 6.45) is 1.20. The quantitative estimate of drug-likeness (QED) is 0.550. The fraction of sp³-hybridized carbons (Fsp3) is 0.429. The number of alkyl halides is 1. The van der Waals surface area contributed by atoms with Gasteiger partial charge in [-0.2, -0.15) is 0 Å². The fourth-order valence-corrected chi connectivity index (χ4v) is 0.801. The first-order chi connectivity index (χ1) is 4.74. The normalized spacial score (nSPS) is 25.3. The van der Waals surface area contributed by atoms with Crippen LogP contribution < -0.4 is 0 Å². The van der Waals surface area contributed by atoms with Crippen molar-refractivity contribution in [3.05, 3.63) is 23.7 Å². The molecule has 56 valence electrons. The Morgan fingerprint density at radius 2 is 2.40 bits per heavy atom. The highest BCUT2D eigenvalue weighted by atomic mass is 19.1. The van der Waals surface area contributed by atoms with Gasteiger partial charge in [0.15, 0.2) is 0 Å². The Morgan fingerprint density at radius 3 is 2.90 bits per heavy atom. The van der Waals surface area contributed by atoms with Gasteiger partial charge in [0.05, 0.1) is 7.11 Å². The van der Waals surface area contributed by atoms with Crippen LogP contribution in [0.1, 0.15) is 6.42 Å². The monoisotopic (exact) mass is 146 g/mol. The zero-order valence-corrected chi connectivity index (χ0v) is 5.60. The second-order valence-corrected chi connectivity index (χ2v) is 2.05. The Balaban J connectivity index is 2.73. The van der Waals surface area contributed by atoms with Crippen LogP contribution in [0.5, 0.6) is 0 Å². The zero-order valence-electron chi connectivity index (χ0n) is 5.60. The predicted molar refractivity (Wildman–Crippen MR) is 33.8 cm³/mol. The minimum atomic E-state index is -1.20. The van der Waals surface area contributed by atoms with Crippen LogP contribution in [0.25, 0.3) is 0 Å². The average molecular weight is 146 g/mol. The van der Waals surface area contributed by atoms with Crippen LogP contribution in [0.15, 0.2) is 23.7 Å². The van der Waals surface area contributed by atoms with Gasteiger partial charge in [0, 0.05) is 6.42 Å². The van der Waals surface area contributed by atoms with Crippen molar-refractivity contribution in [2.45, 2.75) is 12.6 Å². The van der Waals surface area contributed by atoms with Crippen LogP contribution >= 0.6 is 0 Å². The van der Waals surface area contributed by atoms with E-state index in [2.05, 4.69) is 4.74 Å². The van der Waals surface area contributed by atoms with E-state index in [1.54, 1.807) is 0 Å². The van der Waals surface area contributed by atoms with E-state index in [4.69, 9.17) is 0 Å². The first kappa shape index (κ1) is 7.25. The molecule has 0 aromatic carbocycles. The minimum Gasteiger partial charge on any atom is -0.494 e. The topological polar surface area (TPSA) is 9.23 Å². The van der Waals surface area contributed by atoms with Gasteiger partial charge < -0.3 is 4.74 Å². The molecule has 1 aliphatic rings. The molecule has 1 rings (SSSR count). The van der Waals surface area contributed by atoms with E-state index in [-0.39, 0.29) is 12.2 Å². The highest BCUT2D eigenvalue weighted by Gasteiger charge is 2.15. The van der Waals surface area contributed by atoms with Crippen molar-refractivity contribution in [3.63, 3.8) is 0 Å². The molecule has 0 spiro atoms. The second kappa shape index (κ2) is 2.82. The van der Waals surface area contributed by atoms with Crippen molar-refractivity contribution in [2.24, 2.45) is 0 Å². The van der Waals surface area contributed by atoms with E-state index >= 15 is 0 Å². The summed E-state index contributed by atoms with van der Waals surface area (Å²) in [6.45, 7) is 0. The summed E-state index contributed by atoms with van der Waals surface area (Å²) in [7, 11) is 1.36. The standard InChI is InChI=1S/C7H8F2O/c1-10-7-3-2-5(8)4-6(7)9/h2-3,5H,4H2,1H3. The van der Waals surface area contributed by atoms with Crippen molar-refractivity contribution >= 4 is 0 Å². The molecule has 0 N–H and O–H groups in total. The molecule has 1 nitrogen and oxygen atoms in total. The van der Waals surface area contributed by atoms with Crippen molar-refractivity contribution < 1.29 is 13.5 Å². The molecule has 0 radical (unpaired) electrons. The second-order valence-electron chi connectivity index (χ2n) is 2.05. The SMILES string of the molecule is COC1=C(F)CC(F)C=C1. The largest absolute Gasteiger partial charge is 0.494 e. The van der Waals surface area contributed by atoms with E-state index in [0.29, 0.717) is 0 Å². The molecule has 0 saturated carbocycles. The van der Waals surface area contributed by atoms with Crippen LogP contribution in [0.2, 0.25) is 0 Å². The van der Waals surface area contributed by atoms with Gasteiger partial charge in [-0.15, -0.1) is 0 Å². The fourth-order valence-electron chi connectivity index (χ4n) is 0.801. The predicted octanol–water partition coefficient (Wildman–Crippen LogP) is 2.11. The molecular weight excluding hydrogens is 138 g/mol. The molecule has 1 aliphatic carbocycles. The molecule has 0 amide bonds. The maximum atomic E-state index is 12.6. The summed E-state index contributed by atoms with van der Waals surface area (Å²) in [5, 5.41) is 0. The Labute approximate surface area is 58.0 Å². The van der Waals surface area contributed by atoms with Gasteiger partial charge in [0.2, 0.25) is 0 Å². The van der Waals surface area contributed by atoms with Crippen molar-refractivity contribution in [3.8, 4) is 0 Å². The Bertz CT molecular complexity index is 184. The minimum absolute atomic E-state index is 0.133. The number of hydrogen-bond donors (Lipinski definition) is 0. The highest BCUT2D eigenvalue weighted by Crippen LogP contribution is 2.22. The number of methoxy groups -OCH3 is 1. The molecule has 1 unspecified atom stereocenters. The van der Waals surface area contributed by atoms with E-state index in [1.807, 2.05) is 0 Å². The number of halogens is 2. The van der Waals surface area contributed by atoms with Crippen LogP contribution in [-0.2, 0) is 4.74 Å². The molecule has 0 fully saturated rings. The average Bonchev–Trinajstić information content (AvgIpc) is 1.88. The van der Waals surface area contributed by atoms with Crippen LogP contribution in [-0.4, -0.2) is 13.3 Å². The first-order valence-electron chi connectivity index (χ1n) is 2.99. The number of allylic oxidation sites excluding steroid dienone is 3. The van der Waals surface area contributed by atoms with Gasteiger partial charge in [-0.25, -0.2) is 8.78 Å². The van der Waals surface area contributed by atoms with Gasteiger partial charge in [-0.05, 0) is 12.2 Å². The number of hydrogen-bond acceptors (Lipinski definition) is 1. The Kier molecular flexibility index (Phi) is 2.04. The maximum absolute atomic E-state index is 12.6. The molecule has 0 saturated heterocycles. The molecule has 0 aromatic rings. The van der Waals surface area contributed by atoms with Crippen molar-refractivity contribution in [1.82, 2.24) is 0 Å². The van der Waals surface area contributed by atoms with Gasteiger partial charge >= 0.3 is 0 Å². The lowest BCUT2D eigenvalue weighted by Gasteiger charge is -2.10. The van der Waals surface area contributed by atoms with Gasteiger partial charge in [-0.3, -0.25) is 0 Å². The summed E-state index contributed by atoms with van der Waals surface area (Å²) in [5.41, 5.74) is 0.